The zero-order chi connectivity index (χ0) is 21.8. The minimum absolute atomic E-state index is 0.0809. The Morgan fingerprint density at radius 3 is 2.19 bits per heavy atom. The first-order chi connectivity index (χ1) is 15.0. The predicted octanol–water partition coefficient (Wildman–Crippen LogP) is 3.92. The molecule has 1 heterocycles. The molecule has 0 aromatic heterocycles. The van der Waals surface area contributed by atoms with Crippen LogP contribution in [0.1, 0.15) is 36.0 Å². The second-order valence-electron chi connectivity index (χ2n) is 8.29. The van der Waals surface area contributed by atoms with E-state index >= 15 is 0 Å². The van der Waals surface area contributed by atoms with Gasteiger partial charge in [0.2, 0.25) is 5.91 Å². The van der Waals surface area contributed by atoms with Crippen LogP contribution in [0.3, 0.4) is 0 Å². The molecule has 0 spiro atoms. The van der Waals surface area contributed by atoms with Gasteiger partial charge in [-0.05, 0) is 55.2 Å². The van der Waals surface area contributed by atoms with E-state index in [2.05, 4.69) is 10.2 Å². The molecular formula is C24H27F2N3O2. The molecule has 0 bridgehead atoms. The quantitative estimate of drug-likeness (QED) is 0.787. The first-order valence-corrected chi connectivity index (χ1v) is 10.9. The van der Waals surface area contributed by atoms with E-state index in [0.29, 0.717) is 31.9 Å². The number of nitrogens with zero attached hydrogens (tertiary/aromatic N) is 2. The van der Waals surface area contributed by atoms with E-state index in [9.17, 15) is 18.4 Å². The number of hydrogen-bond donors (Lipinski definition) is 1. The number of nitrogens with one attached hydrogen (secondary N) is 1. The van der Waals surface area contributed by atoms with E-state index < -0.39 is 5.82 Å². The molecule has 0 unspecified atom stereocenters. The highest BCUT2D eigenvalue weighted by molar-refractivity contribution is 5.95. The van der Waals surface area contributed by atoms with Gasteiger partial charge >= 0.3 is 0 Å². The Kier molecular flexibility index (Phi) is 6.61. The van der Waals surface area contributed by atoms with E-state index in [1.807, 2.05) is 0 Å². The van der Waals surface area contributed by atoms with E-state index in [1.165, 1.54) is 24.3 Å². The van der Waals surface area contributed by atoms with Crippen LogP contribution in [0.25, 0.3) is 0 Å². The molecule has 1 atom stereocenters. The number of amides is 2. The molecule has 4 rings (SSSR count). The van der Waals surface area contributed by atoms with Crippen molar-refractivity contribution in [3.05, 3.63) is 65.7 Å². The lowest BCUT2D eigenvalue weighted by molar-refractivity contribution is -0.123. The molecular weight excluding hydrogens is 400 g/mol. The summed E-state index contributed by atoms with van der Waals surface area (Å²) >= 11 is 0. The van der Waals surface area contributed by atoms with Crippen LogP contribution in [0.15, 0.2) is 48.5 Å². The van der Waals surface area contributed by atoms with Gasteiger partial charge in [0.1, 0.15) is 11.6 Å². The van der Waals surface area contributed by atoms with Crippen molar-refractivity contribution in [3.63, 3.8) is 0 Å². The van der Waals surface area contributed by atoms with Gasteiger partial charge in [-0.1, -0.05) is 25.0 Å². The third kappa shape index (κ3) is 4.93. The Balaban J connectivity index is 1.43. The van der Waals surface area contributed by atoms with Crippen molar-refractivity contribution in [2.75, 3.05) is 31.5 Å². The molecule has 2 aromatic carbocycles. The number of benzene rings is 2. The van der Waals surface area contributed by atoms with E-state index in [-0.39, 0.29) is 35.2 Å². The third-order valence-corrected chi connectivity index (χ3v) is 6.33. The smallest absolute Gasteiger partial charge is 0.256 e. The summed E-state index contributed by atoms with van der Waals surface area (Å²) in [7, 11) is 0. The van der Waals surface area contributed by atoms with Crippen LogP contribution in [-0.4, -0.2) is 53.8 Å². The number of piperazine rings is 1. The first-order valence-electron chi connectivity index (χ1n) is 10.9. The molecule has 7 heteroatoms. The Morgan fingerprint density at radius 2 is 1.55 bits per heavy atom. The maximum Gasteiger partial charge on any atom is 0.256 e. The molecule has 0 radical (unpaired) electrons. The summed E-state index contributed by atoms with van der Waals surface area (Å²) in [5.74, 6) is -1.01. The molecule has 1 N–H and O–H groups in total. The summed E-state index contributed by atoms with van der Waals surface area (Å²) in [6, 6.07) is 11.5. The fourth-order valence-electron chi connectivity index (χ4n) is 4.71. The van der Waals surface area contributed by atoms with Gasteiger partial charge in [0.15, 0.2) is 0 Å². The standard InChI is InChI=1S/C24H27F2N3O2/c25-18-9-11-19(12-10-18)27-23(30)22(17-5-1-2-6-17)28-13-15-29(16-14-28)24(31)20-7-3-4-8-21(20)26/h3-4,7-12,17,22H,1-2,5-6,13-16H2,(H,27,30)/t22-/m0/s1. The second kappa shape index (κ2) is 9.56. The van der Waals surface area contributed by atoms with Crippen LogP contribution >= 0.6 is 0 Å². The highest BCUT2D eigenvalue weighted by Gasteiger charge is 2.37. The zero-order valence-corrected chi connectivity index (χ0v) is 17.4. The molecule has 1 aliphatic carbocycles. The Bertz CT molecular complexity index is 921. The number of anilines is 1. The molecule has 1 saturated carbocycles. The van der Waals surface area contributed by atoms with Gasteiger partial charge in [0, 0.05) is 31.9 Å². The largest absolute Gasteiger partial charge is 0.336 e. The number of hydrogen-bond acceptors (Lipinski definition) is 3. The molecule has 2 amide bonds. The van der Waals surface area contributed by atoms with Crippen molar-refractivity contribution >= 4 is 17.5 Å². The van der Waals surface area contributed by atoms with Crippen molar-refractivity contribution in [1.82, 2.24) is 9.80 Å². The molecule has 5 nitrogen and oxygen atoms in total. The lowest BCUT2D eigenvalue weighted by Gasteiger charge is -2.40. The number of halogens is 2. The van der Waals surface area contributed by atoms with Gasteiger partial charge in [0.05, 0.1) is 11.6 Å². The molecule has 1 aliphatic heterocycles. The summed E-state index contributed by atoms with van der Waals surface area (Å²) in [5.41, 5.74) is 0.653. The maximum absolute atomic E-state index is 14.0. The lowest BCUT2D eigenvalue weighted by Crippen LogP contribution is -2.57. The molecule has 2 aromatic rings. The minimum Gasteiger partial charge on any atom is -0.336 e. The van der Waals surface area contributed by atoms with Crippen molar-refractivity contribution in [2.45, 2.75) is 31.7 Å². The number of carbonyl (C=O) groups excluding carboxylic acids is 2. The third-order valence-electron chi connectivity index (χ3n) is 6.33. The van der Waals surface area contributed by atoms with Gasteiger partial charge < -0.3 is 10.2 Å². The van der Waals surface area contributed by atoms with Crippen molar-refractivity contribution in [1.29, 1.82) is 0 Å². The van der Waals surface area contributed by atoms with Gasteiger partial charge in [0.25, 0.3) is 5.91 Å². The minimum atomic E-state index is -0.516. The number of carbonyl (C=O) groups is 2. The average Bonchev–Trinajstić information content (AvgIpc) is 3.30. The van der Waals surface area contributed by atoms with E-state index in [1.54, 1.807) is 29.2 Å². The van der Waals surface area contributed by atoms with Crippen LogP contribution in [-0.2, 0) is 4.79 Å². The summed E-state index contributed by atoms with van der Waals surface area (Å²) in [6.07, 6.45) is 4.21. The first kappa shape index (κ1) is 21.4. The van der Waals surface area contributed by atoms with Crippen molar-refractivity contribution in [3.8, 4) is 0 Å². The summed E-state index contributed by atoms with van der Waals surface area (Å²) < 4.78 is 27.2. The van der Waals surface area contributed by atoms with Crippen LogP contribution in [0.2, 0.25) is 0 Å². The molecule has 164 valence electrons. The maximum atomic E-state index is 14.0. The summed E-state index contributed by atoms with van der Waals surface area (Å²) in [6.45, 7) is 2.00. The predicted molar refractivity (Wildman–Crippen MR) is 115 cm³/mol. The molecule has 1 saturated heterocycles. The van der Waals surface area contributed by atoms with Gasteiger partial charge in [-0.2, -0.15) is 0 Å². The molecule has 31 heavy (non-hydrogen) atoms. The summed E-state index contributed by atoms with van der Waals surface area (Å²) in [4.78, 5) is 29.7. The molecule has 2 aliphatic rings. The monoisotopic (exact) mass is 427 g/mol. The Hall–Kier alpha value is -2.80. The van der Waals surface area contributed by atoms with Crippen LogP contribution in [0, 0.1) is 17.6 Å². The SMILES string of the molecule is O=C(Nc1ccc(F)cc1)[C@H](C1CCCC1)N1CCN(C(=O)c2ccccc2F)CC1. The van der Waals surface area contributed by atoms with Gasteiger partial charge in [-0.15, -0.1) is 0 Å². The molecule has 2 fully saturated rings. The number of rotatable bonds is 5. The van der Waals surface area contributed by atoms with Crippen LogP contribution in [0.4, 0.5) is 14.5 Å². The zero-order valence-electron chi connectivity index (χ0n) is 17.4. The highest BCUT2D eigenvalue weighted by Crippen LogP contribution is 2.32. The van der Waals surface area contributed by atoms with Gasteiger partial charge in [-0.3, -0.25) is 14.5 Å². The second-order valence-corrected chi connectivity index (χ2v) is 8.29. The van der Waals surface area contributed by atoms with Gasteiger partial charge in [-0.25, -0.2) is 8.78 Å². The highest BCUT2D eigenvalue weighted by atomic mass is 19.1. The topological polar surface area (TPSA) is 52.7 Å². The van der Waals surface area contributed by atoms with E-state index in [0.717, 1.165) is 25.7 Å². The lowest BCUT2D eigenvalue weighted by atomic mass is 9.94. The Morgan fingerprint density at radius 1 is 0.903 bits per heavy atom. The normalized spacial score (nSPS) is 18.7. The van der Waals surface area contributed by atoms with Crippen LogP contribution < -0.4 is 5.32 Å². The average molecular weight is 427 g/mol. The van der Waals surface area contributed by atoms with Crippen molar-refractivity contribution in [2.24, 2.45) is 5.92 Å². The Labute approximate surface area is 181 Å². The van der Waals surface area contributed by atoms with Crippen LogP contribution in [0.5, 0.6) is 0 Å². The van der Waals surface area contributed by atoms with Crippen molar-refractivity contribution < 1.29 is 18.4 Å². The fourth-order valence-corrected chi connectivity index (χ4v) is 4.71. The fraction of sp³-hybridized carbons (Fsp3) is 0.417. The van der Waals surface area contributed by atoms with E-state index in [4.69, 9.17) is 0 Å². The summed E-state index contributed by atoms with van der Waals surface area (Å²) in [5, 5.41) is 2.93.